The molecule has 0 N–H and O–H groups in total. The Balaban J connectivity index is 1.68. The van der Waals surface area contributed by atoms with Gasteiger partial charge in [-0.3, -0.25) is 4.90 Å². The summed E-state index contributed by atoms with van der Waals surface area (Å²) in [6.07, 6.45) is 6.83. The number of hydrogen-bond acceptors (Lipinski definition) is 6. The summed E-state index contributed by atoms with van der Waals surface area (Å²) in [4.78, 5) is 10.8. The normalized spacial score (nSPS) is 12.7. The van der Waals surface area contributed by atoms with Crippen LogP contribution in [0.1, 0.15) is 24.2 Å². The summed E-state index contributed by atoms with van der Waals surface area (Å²) >= 11 is 0. The van der Waals surface area contributed by atoms with Crippen LogP contribution in [-0.2, 0) is 6.54 Å². The summed E-state index contributed by atoms with van der Waals surface area (Å²) < 4.78 is 10.2. The van der Waals surface area contributed by atoms with Gasteiger partial charge in [0.05, 0.1) is 12.3 Å². The molecule has 3 heterocycles. The molecule has 0 aliphatic rings. The molecule has 0 amide bonds. The van der Waals surface area contributed by atoms with Crippen LogP contribution in [0.4, 0.5) is 0 Å². The number of hydrogen-bond donors (Lipinski definition) is 0. The molecule has 0 unspecified atom stereocenters. The largest absolute Gasteiger partial charge is 0.461 e. The number of aromatic nitrogens is 3. The fraction of sp³-hybridized carbons (Fsp3) is 0.267. The van der Waals surface area contributed by atoms with Gasteiger partial charge < -0.3 is 8.94 Å². The summed E-state index contributed by atoms with van der Waals surface area (Å²) in [6, 6.07) is 5.69. The molecule has 3 rings (SSSR count). The zero-order chi connectivity index (χ0) is 14.7. The van der Waals surface area contributed by atoms with Crippen LogP contribution in [0.15, 0.2) is 52.1 Å². The zero-order valence-electron chi connectivity index (χ0n) is 11.9. The topological polar surface area (TPSA) is 68.2 Å². The minimum Gasteiger partial charge on any atom is -0.461 e. The van der Waals surface area contributed by atoms with E-state index in [1.807, 2.05) is 37.6 Å². The Hall–Kier alpha value is -2.47. The molecular weight excluding hydrogens is 268 g/mol. The molecule has 0 aromatic carbocycles. The number of furan rings is 1. The van der Waals surface area contributed by atoms with Crippen molar-refractivity contribution in [3.8, 4) is 11.6 Å². The van der Waals surface area contributed by atoms with E-state index in [-0.39, 0.29) is 6.04 Å². The first-order valence-corrected chi connectivity index (χ1v) is 6.69. The van der Waals surface area contributed by atoms with E-state index < -0.39 is 0 Å². The van der Waals surface area contributed by atoms with Gasteiger partial charge in [-0.25, -0.2) is 9.97 Å². The Morgan fingerprint density at radius 1 is 1.19 bits per heavy atom. The lowest BCUT2D eigenvalue weighted by atomic mass is 10.2. The molecule has 21 heavy (non-hydrogen) atoms. The lowest BCUT2D eigenvalue weighted by molar-refractivity contribution is 0.240. The maximum Gasteiger partial charge on any atom is 0.195 e. The van der Waals surface area contributed by atoms with Crippen LogP contribution in [0.3, 0.4) is 0 Å². The highest BCUT2D eigenvalue weighted by molar-refractivity contribution is 5.45. The Morgan fingerprint density at radius 3 is 2.62 bits per heavy atom. The van der Waals surface area contributed by atoms with Gasteiger partial charge in [0.1, 0.15) is 12.0 Å². The molecule has 0 aliphatic heterocycles. The highest BCUT2D eigenvalue weighted by Crippen LogP contribution is 2.19. The van der Waals surface area contributed by atoms with Crippen molar-refractivity contribution in [2.45, 2.75) is 19.5 Å². The van der Waals surface area contributed by atoms with Crippen LogP contribution in [0, 0.1) is 0 Å². The smallest absolute Gasteiger partial charge is 0.195 e. The van der Waals surface area contributed by atoms with E-state index in [0.29, 0.717) is 11.6 Å². The van der Waals surface area contributed by atoms with E-state index in [1.54, 1.807) is 12.5 Å². The van der Waals surface area contributed by atoms with Gasteiger partial charge in [-0.15, -0.1) is 0 Å². The SMILES string of the molecule is C[C@H](c1ccon1)N(C)Cc1cnc(-c2ccco2)nc1. The molecule has 3 aromatic heterocycles. The number of nitrogens with zero attached hydrogens (tertiary/aromatic N) is 4. The standard InChI is InChI=1S/C15H16N4O2/c1-11(13-5-7-21-18-13)19(2)10-12-8-16-15(17-9-12)14-4-3-6-20-14/h3-9,11H,10H2,1-2H3/t11-/m1/s1. The van der Waals surface area contributed by atoms with Crippen molar-refractivity contribution in [1.29, 1.82) is 0 Å². The fourth-order valence-corrected chi connectivity index (χ4v) is 2.06. The van der Waals surface area contributed by atoms with E-state index in [0.717, 1.165) is 17.8 Å². The van der Waals surface area contributed by atoms with E-state index >= 15 is 0 Å². The Bertz CT molecular complexity index is 662. The van der Waals surface area contributed by atoms with Crippen molar-refractivity contribution in [2.24, 2.45) is 0 Å². The highest BCUT2D eigenvalue weighted by atomic mass is 16.5. The molecule has 3 aromatic rings. The second-order valence-electron chi connectivity index (χ2n) is 4.91. The third-order valence-electron chi connectivity index (χ3n) is 3.43. The maximum atomic E-state index is 5.27. The average Bonchev–Trinajstić information content (AvgIpc) is 3.20. The van der Waals surface area contributed by atoms with Gasteiger partial charge in [-0.2, -0.15) is 0 Å². The summed E-state index contributed by atoms with van der Waals surface area (Å²) in [7, 11) is 2.03. The van der Waals surface area contributed by atoms with E-state index in [9.17, 15) is 0 Å². The van der Waals surface area contributed by atoms with E-state index in [2.05, 4.69) is 26.9 Å². The van der Waals surface area contributed by atoms with E-state index in [4.69, 9.17) is 8.94 Å². The van der Waals surface area contributed by atoms with Crippen molar-refractivity contribution in [1.82, 2.24) is 20.0 Å². The Labute approximate surface area is 122 Å². The molecule has 0 saturated heterocycles. The Kier molecular flexibility index (Phi) is 3.79. The second-order valence-corrected chi connectivity index (χ2v) is 4.91. The fourth-order valence-electron chi connectivity index (χ4n) is 2.06. The molecule has 6 heteroatoms. The van der Waals surface area contributed by atoms with Crippen LogP contribution in [0.2, 0.25) is 0 Å². The minimum absolute atomic E-state index is 0.161. The van der Waals surface area contributed by atoms with Crippen molar-refractivity contribution in [2.75, 3.05) is 7.05 Å². The van der Waals surface area contributed by atoms with Crippen LogP contribution in [0.25, 0.3) is 11.6 Å². The molecule has 0 spiro atoms. The first kappa shape index (κ1) is 13.5. The van der Waals surface area contributed by atoms with Crippen molar-refractivity contribution < 1.29 is 8.94 Å². The quantitative estimate of drug-likeness (QED) is 0.717. The molecular formula is C15H16N4O2. The molecule has 6 nitrogen and oxygen atoms in total. The van der Waals surface area contributed by atoms with E-state index in [1.165, 1.54) is 0 Å². The molecule has 0 aliphatic carbocycles. The zero-order valence-corrected chi connectivity index (χ0v) is 11.9. The van der Waals surface area contributed by atoms with Crippen molar-refractivity contribution in [3.05, 3.63) is 54.4 Å². The van der Waals surface area contributed by atoms with Crippen LogP contribution in [0.5, 0.6) is 0 Å². The first-order chi connectivity index (χ1) is 10.2. The lowest BCUT2D eigenvalue weighted by Gasteiger charge is -2.22. The van der Waals surface area contributed by atoms with Crippen molar-refractivity contribution >= 4 is 0 Å². The summed E-state index contributed by atoms with van der Waals surface area (Å²) in [6.45, 7) is 2.81. The van der Waals surface area contributed by atoms with Gasteiger partial charge in [0.25, 0.3) is 0 Å². The maximum absolute atomic E-state index is 5.27. The average molecular weight is 284 g/mol. The minimum atomic E-state index is 0.161. The number of rotatable bonds is 5. The third kappa shape index (κ3) is 3.00. The molecule has 108 valence electrons. The first-order valence-electron chi connectivity index (χ1n) is 6.69. The van der Waals surface area contributed by atoms with Gasteiger partial charge in [0.2, 0.25) is 0 Å². The third-order valence-corrected chi connectivity index (χ3v) is 3.43. The van der Waals surface area contributed by atoms with Gasteiger partial charge >= 0.3 is 0 Å². The highest BCUT2D eigenvalue weighted by Gasteiger charge is 2.15. The van der Waals surface area contributed by atoms with Gasteiger partial charge in [0, 0.05) is 30.6 Å². The van der Waals surface area contributed by atoms with Gasteiger partial charge in [0.15, 0.2) is 11.6 Å². The molecule has 0 fully saturated rings. The summed E-state index contributed by atoms with van der Waals surface area (Å²) in [5.41, 5.74) is 1.94. The van der Waals surface area contributed by atoms with Crippen LogP contribution in [-0.4, -0.2) is 27.1 Å². The second kappa shape index (κ2) is 5.88. The van der Waals surface area contributed by atoms with Crippen LogP contribution >= 0.6 is 0 Å². The lowest BCUT2D eigenvalue weighted by Crippen LogP contribution is -2.22. The van der Waals surface area contributed by atoms with Gasteiger partial charge in [-0.1, -0.05) is 5.16 Å². The van der Waals surface area contributed by atoms with Crippen LogP contribution < -0.4 is 0 Å². The Morgan fingerprint density at radius 2 is 2.00 bits per heavy atom. The monoisotopic (exact) mass is 284 g/mol. The van der Waals surface area contributed by atoms with Gasteiger partial charge in [-0.05, 0) is 26.1 Å². The predicted molar refractivity (Wildman–Crippen MR) is 76.1 cm³/mol. The van der Waals surface area contributed by atoms with Crippen molar-refractivity contribution in [3.63, 3.8) is 0 Å². The molecule has 1 atom stereocenters. The summed E-state index contributed by atoms with van der Waals surface area (Å²) in [5, 5.41) is 3.97. The predicted octanol–water partition coefficient (Wildman–Crippen LogP) is 2.92. The molecule has 0 saturated carbocycles. The summed E-state index contributed by atoms with van der Waals surface area (Å²) in [5.74, 6) is 1.27. The molecule has 0 radical (unpaired) electrons. The molecule has 0 bridgehead atoms.